The van der Waals surface area contributed by atoms with Crippen LogP contribution in [0.25, 0.3) is 0 Å². The predicted molar refractivity (Wildman–Crippen MR) is 167 cm³/mol. The first kappa shape index (κ1) is 34.8. The number of aliphatic hydroxyl groups excluding tert-OH is 1. The second kappa shape index (κ2) is 15.8. The van der Waals surface area contributed by atoms with Crippen LogP contribution in [0.5, 0.6) is 0 Å². The number of hydrogen-bond acceptors (Lipinski definition) is 7. The summed E-state index contributed by atoms with van der Waals surface area (Å²) in [5.41, 5.74) is 2.15. The number of ether oxygens (including phenoxy) is 2. The molecule has 0 aromatic heterocycles. The average molecular weight is 609 g/mol. The Morgan fingerprint density at radius 3 is 1.43 bits per heavy atom. The van der Waals surface area contributed by atoms with Gasteiger partial charge in [-0.1, -0.05) is 109 Å². The summed E-state index contributed by atoms with van der Waals surface area (Å²) in [7, 11) is 0. The first-order valence-corrected chi connectivity index (χ1v) is 15.6. The molecule has 0 radical (unpaired) electrons. The number of benzene rings is 2. The molecule has 4 amide bonds. The van der Waals surface area contributed by atoms with Gasteiger partial charge in [0.25, 0.3) is 0 Å². The van der Waals surface area contributed by atoms with Gasteiger partial charge in [0.1, 0.15) is 13.2 Å². The van der Waals surface area contributed by atoms with Crippen molar-refractivity contribution in [2.75, 3.05) is 13.2 Å². The summed E-state index contributed by atoms with van der Waals surface area (Å²) in [4.78, 5) is 51.7. The smallest absolute Gasteiger partial charge is 0.416 e. The molecule has 2 saturated heterocycles. The summed E-state index contributed by atoms with van der Waals surface area (Å²) in [6.07, 6.45) is -0.704. The molecule has 0 aliphatic carbocycles. The van der Waals surface area contributed by atoms with E-state index in [1.54, 1.807) is 6.92 Å². The molecule has 44 heavy (non-hydrogen) atoms. The zero-order valence-electron chi connectivity index (χ0n) is 27.0. The zero-order valence-corrected chi connectivity index (χ0v) is 27.0. The number of imide groups is 2. The van der Waals surface area contributed by atoms with E-state index < -0.39 is 24.2 Å². The van der Waals surface area contributed by atoms with Crippen molar-refractivity contribution in [3.05, 3.63) is 71.8 Å². The van der Waals surface area contributed by atoms with E-state index in [4.69, 9.17) is 9.47 Å². The van der Waals surface area contributed by atoms with Gasteiger partial charge in [0.2, 0.25) is 11.8 Å². The lowest BCUT2D eigenvalue weighted by Crippen LogP contribution is -2.46. The Bertz CT molecular complexity index is 1150. The fourth-order valence-electron chi connectivity index (χ4n) is 5.50. The molecule has 2 fully saturated rings. The van der Waals surface area contributed by atoms with Crippen molar-refractivity contribution in [3.8, 4) is 0 Å². The monoisotopic (exact) mass is 608 g/mol. The van der Waals surface area contributed by atoms with Crippen LogP contribution in [-0.4, -0.2) is 70.3 Å². The molecule has 2 aliphatic rings. The number of rotatable bonds is 10. The van der Waals surface area contributed by atoms with Crippen molar-refractivity contribution in [1.29, 1.82) is 0 Å². The number of carbonyl (C=O) groups excluding carboxylic acids is 4. The Hall–Kier alpha value is -3.72. The standard InChI is InChI=1S/C18H25NO3.C17H23NO4/c1-12(2)13(3)14(4)17(20)19-16(11-22-18(19)21)10-15-8-6-5-7-9-15;1-11(2)15(19)12(3)16(20)18-14(10-22-17(18)21)9-13-7-5-4-6-8-13/h5-9,12-14,16H,10-11H2,1-4H3;4-8,11-12,14-15,19H,9-10H2,1-3H3/t13-,14+,16+;12-,14-,15+/m01/s1. The average Bonchev–Trinajstić information content (AvgIpc) is 3.56. The van der Waals surface area contributed by atoms with Crippen LogP contribution in [0.4, 0.5) is 9.59 Å². The van der Waals surface area contributed by atoms with Gasteiger partial charge in [-0.3, -0.25) is 9.59 Å². The molecule has 9 nitrogen and oxygen atoms in total. The molecule has 2 aromatic rings. The van der Waals surface area contributed by atoms with Crippen molar-refractivity contribution in [2.45, 2.75) is 79.5 Å². The molecule has 9 heteroatoms. The molecule has 4 rings (SSSR count). The highest BCUT2D eigenvalue weighted by Gasteiger charge is 2.42. The van der Waals surface area contributed by atoms with E-state index in [1.165, 1.54) is 9.80 Å². The Labute approximate surface area is 261 Å². The maximum absolute atomic E-state index is 12.7. The third-order valence-corrected chi connectivity index (χ3v) is 8.84. The van der Waals surface area contributed by atoms with E-state index in [0.717, 1.165) is 11.1 Å². The summed E-state index contributed by atoms with van der Waals surface area (Å²) < 4.78 is 10.2. The quantitative estimate of drug-likeness (QED) is 0.366. The van der Waals surface area contributed by atoms with Crippen LogP contribution in [0.15, 0.2) is 60.7 Å². The highest BCUT2D eigenvalue weighted by atomic mass is 16.6. The van der Waals surface area contributed by atoms with Crippen LogP contribution < -0.4 is 0 Å². The Morgan fingerprint density at radius 2 is 1.07 bits per heavy atom. The van der Waals surface area contributed by atoms with E-state index in [-0.39, 0.29) is 54.9 Å². The topological polar surface area (TPSA) is 113 Å². The molecule has 2 heterocycles. The van der Waals surface area contributed by atoms with Gasteiger partial charge in [0, 0.05) is 5.92 Å². The molecule has 6 atom stereocenters. The molecule has 0 saturated carbocycles. The van der Waals surface area contributed by atoms with Gasteiger partial charge in [-0.15, -0.1) is 0 Å². The van der Waals surface area contributed by atoms with Crippen LogP contribution in [0.2, 0.25) is 0 Å². The number of carbonyl (C=O) groups is 4. The van der Waals surface area contributed by atoms with Gasteiger partial charge < -0.3 is 14.6 Å². The van der Waals surface area contributed by atoms with Crippen LogP contribution in [0.1, 0.15) is 59.6 Å². The van der Waals surface area contributed by atoms with Crippen LogP contribution >= 0.6 is 0 Å². The van der Waals surface area contributed by atoms with E-state index in [0.29, 0.717) is 18.8 Å². The highest BCUT2D eigenvalue weighted by molar-refractivity contribution is 5.95. The zero-order chi connectivity index (χ0) is 32.6. The molecule has 0 bridgehead atoms. The van der Waals surface area contributed by atoms with Crippen LogP contribution in [0.3, 0.4) is 0 Å². The molecule has 0 unspecified atom stereocenters. The number of nitrogens with zero attached hydrogens (tertiary/aromatic N) is 2. The largest absolute Gasteiger partial charge is 0.447 e. The lowest BCUT2D eigenvalue weighted by Gasteiger charge is -2.28. The Kier molecular flexibility index (Phi) is 12.5. The minimum absolute atomic E-state index is 0.0508. The minimum atomic E-state index is -0.779. The first-order valence-electron chi connectivity index (χ1n) is 15.6. The Morgan fingerprint density at radius 1 is 0.682 bits per heavy atom. The van der Waals surface area contributed by atoms with Gasteiger partial charge in [0.15, 0.2) is 0 Å². The molecule has 1 N–H and O–H groups in total. The minimum Gasteiger partial charge on any atom is -0.447 e. The van der Waals surface area contributed by atoms with Crippen LogP contribution in [0, 0.1) is 29.6 Å². The van der Waals surface area contributed by atoms with E-state index >= 15 is 0 Å². The van der Waals surface area contributed by atoms with Crippen molar-refractivity contribution < 1.29 is 33.8 Å². The predicted octanol–water partition coefficient (Wildman–Crippen LogP) is 5.73. The van der Waals surface area contributed by atoms with Crippen molar-refractivity contribution in [2.24, 2.45) is 29.6 Å². The molecular weight excluding hydrogens is 560 g/mol. The highest BCUT2D eigenvalue weighted by Crippen LogP contribution is 2.27. The maximum Gasteiger partial charge on any atom is 0.416 e. The van der Waals surface area contributed by atoms with Crippen molar-refractivity contribution in [1.82, 2.24) is 9.80 Å². The SMILES string of the molecule is CC(C)[C@H](C)[C@@H](C)C(=O)N1C(=O)OC[C@H]1Cc1ccccc1.CC(C)[C@H](O)[C@@H](C)C(=O)N1C(=O)OC[C@H]1Cc1ccccc1. The Balaban J connectivity index is 0.000000240. The lowest BCUT2D eigenvalue weighted by molar-refractivity contribution is -0.137. The molecule has 240 valence electrons. The summed E-state index contributed by atoms with van der Waals surface area (Å²) in [5, 5.41) is 10.1. The number of cyclic esters (lactones) is 2. The normalized spacial score (nSPS) is 20.9. The number of hydrogen-bond donors (Lipinski definition) is 1. The lowest BCUT2D eigenvalue weighted by atomic mass is 9.85. The van der Waals surface area contributed by atoms with Gasteiger partial charge in [-0.05, 0) is 41.7 Å². The summed E-state index contributed by atoms with van der Waals surface area (Å²) in [5.74, 6) is -0.754. The summed E-state index contributed by atoms with van der Waals surface area (Å²) >= 11 is 0. The number of aliphatic hydroxyl groups is 1. The third-order valence-electron chi connectivity index (χ3n) is 8.84. The third kappa shape index (κ3) is 8.68. The van der Waals surface area contributed by atoms with Gasteiger partial charge in [-0.2, -0.15) is 0 Å². The molecule has 0 spiro atoms. The van der Waals surface area contributed by atoms with Crippen LogP contribution in [-0.2, 0) is 31.9 Å². The summed E-state index contributed by atoms with van der Waals surface area (Å²) in [6, 6.07) is 19.0. The second-order valence-corrected chi connectivity index (χ2v) is 12.7. The van der Waals surface area contributed by atoms with E-state index in [2.05, 4.69) is 20.8 Å². The maximum atomic E-state index is 12.7. The second-order valence-electron chi connectivity index (χ2n) is 12.7. The van der Waals surface area contributed by atoms with Crippen molar-refractivity contribution in [3.63, 3.8) is 0 Å². The van der Waals surface area contributed by atoms with Gasteiger partial charge in [0.05, 0.1) is 24.1 Å². The molecule has 2 aromatic carbocycles. The van der Waals surface area contributed by atoms with E-state index in [9.17, 15) is 24.3 Å². The molecular formula is C35H48N2O7. The fraction of sp³-hybridized carbons (Fsp3) is 0.543. The van der Waals surface area contributed by atoms with E-state index in [1.807, 2.05) is 81.4 Å². The van der Waals surface area contributed by atoms with Crippen molar-refractivity contribution >= 4 is 24.0 Å². The van der Waals surface area contributed by atoms with Gasteiger partial charge in [-0.25, -0.2) is 19.4 Å². The number of amides is 4. The first-order chi connectivity index (χ1) is 20.8. The molecule has 2 aliphatic heterocycles. The van der Waals surface area contributed by atoms with Gasteiger partial charge >= 0.3 is 12.2 Å². The summed E-state index contributed by atoms with van der Waals surface area (Å²) in [6.45, 7) is 14.0. The fourth-order valence-corrected chi connectivity index (χ4v) is 5.50.